The van der Waals surface area contributed by atoms with Crippen LogP contribution >= 0.6 is 12.6 Å². The highest BCUT2D eigenvalue weighted by atomic mass is 32.1. The molecule has 0 aromatic heterocycles. The third-order valence-electron chi connectivity index (χ3n) is 7.68. The number of rotatable bonds is 10. The molecule has 1 aliphatic rings. The standard InChI is InChI=1S/C32H30N4O8S/c37-30(43-18-22-8-12-26(13-9-22)35(39)40)33-20-32(45)17-28(16-25-6-3-5-24-4-1-2-7-29(24)25)34(21-32)31(38)44-19-23-10-14-27(15-11-23)36(41)42/h1-15,28,45H,16-21H2,(H,33,37)/t28-,32+/m1/s1. The number of nitrogens with one attached hydrogen (secondary N) is 1. The maximum absolute atomic E-state index is 13.4. The van der Waals surface area contributed by atoms with Crippen molar-refractivity contribution in [2.45, 2.75) is 36.8 Å². The van der Waals surface area contributed by atoms with Gasteiger partial charge in [0.1, 0.15) is 13.2 Å². The van der Waals surface area contributed by atoms with E-state index in [0.29, 0.717) is 24.0 Å². The van der Waals surface area contributed by atoms with E-state index in [4.69, 9.17) is 22.1 Å². The second kappa shape index (κ2) is 13.6. The van der Waals surface area contributed by atoms with Crippen LogP contribution in [0.1, 0.15) is 23.1 Å². The first-order chi connectivity index (χ1) is 21.6. The van der Waals surface area contributed by atoms with Crippen molar-refractivity contribution >= 4 is 47.0 Å². The Morgan fingerprint density at radius 3 is 2.04 bits per heavy atom. The molecule has 1 N–H and O–H groups in total. The number of nitro benzene ring substituents is 2. The van der Waals surface area contributed by atoms with Crippen LogP contribution in [0.4, 0.5) is 21.0 Å². The van der Waals surface area contributed by atoms with Crippen LogP contribution < -0.4 is 5.32 Å². The zero-order chi connectivity index (χ0) is 32.0. The average Bonchev–Trinajstić information content (AvgIpc) is 3.38. The maximum atomic E-state index is 13.4. The van der Waals surface area contributed by atoms with Gasteiger partial charge in [-0.15, -0.1) is 0 Å². The lowest BCUT2D eigenvalue weighted by atomic mass is 9.95. The Morgan fingerprint density at radius 2 is 1.42 bits per heavy atom. The van der Waals surface area contributed by atoms with Crippen molar-refractivity contribution in [3.05, 3.63) is 128 Å². The van der Waals surface area contributed by atoms with E-state index in [2.05, 4.69) is 5.32 Å². The molecular weight excluding hydrogens is 600 g/mol. The smallest absolute Gasteiger partial charge is 0.410 e. The summed E-state index contributed by atoms with van der Waals surface area (Å²) < 4.78 is 10.1. The first-order valence-electron chi connectivity index (χ1n) is 14.1. The van der Waals surface area contributed by atoms with Gasteiger partial charge in [0, 0.05) is 43.4 Å². The van der Waals surface area contributed by atoms with Gasteiger partial charge in [-0.1, -0.05) is 42.5 Å². The Hall–Kier alpha value is -5.17. The van der Waals surface area contributed by atoms with E-state index in [0.717, 1.165) is 16.3 Å². The van der Waals surface area contributed by atoms with Crippen LogP contribution in [0.15, 0.2) is 91.0 Å². The molecule has 45 heavy (non-hydrogen) atoms. The van der Waals surface area contributed by atoms with Crippen molar-refractivity contribution in [1.29, 1.82) is 0 Å². The highest BCUT2D eigenvalue weighted by Gasteiger charge is 2.45. The molecule has 0 unspecified atom stereocenters. The summed E-state index contributed by atoms with van der Waals surface area (Å²) in [5.41, 5.74) is 2.13. The first-order valence-corrected chi connectivity index (χ1v) is 14.5. The van der Waals surface area contributed by atoms with Crippen molar-refractivity contribution in [2.24, 2.45) is 0 Å². The van der Waals surface area contributed by atoms with Gasteiger partial charge < -0.3 is 19.7 Å². The topological polar surface area (TPSA) is 154 Å². The summed E-state index contributed by atoms with van der Waals surface area (Å²) in [6, 6.07) is 25.2. The van der Waals surface area contributed by atoms with E-state index in [-0.39, 0.29) is 43.7 Å². The summed E-state index contributed by atoms with van der Waals surface area (Å²) in [5.74, 6) is 0. The number of likely N-dealkylation sites (tertiary alicyclic amines) is 1. The molecule has 1 heterocycles. The number of thiol groups is 1. The highest BCUT2D eigenvalue weighted by molar-refractivity contribution is 7.81. The number of hydrogen-bond acceptors (Lipinski definition) is 9. The van der Waals surface area contributed by atoms with Crippen LogP contribution in [0.5, 0.6) is 0 Å². The van der Waals surface area contributed by atoms with Crippen molar-refractivity contribution in [3.8, 4) is 0 Å². The molecule has 2 amide bonds. The number of carbonyl (C=O) groups is 2. The zero-order valence-electron chi connectivity index (χ0n) is 24.0. The molecule has 0 radical (unpaired) electrons. The fraction of sp³-hybridized carbons (Fsp3) is 0.250. The average molecular weight is 631 g/mol. The van der Waals surface area contributed by atoms with E-state index >= 15 is 0 Å². The summed E-state index contributed by atoms with van der Waals surface area (Å²) in [6.07, 6.45) is -0.267. The summed E-state index contributed by atoms with van der Waals surface area (Å²) in [4.78, 5) is 48.4. The van der Waals surface area contributed by atoms with Crippen molar-refractivity contribution in [2.75, 3.05) is 13.1 Å². The quantitative estimate of drug-likeness (QED) is 0.119. The van der Waals surface area contributed by atoms with Crippen molar-refractivity contribution in [1.82, 2.24) is 10.2 Å². The number of nitro groups is 2. The lowest BCUT2D eigenvalue weighted by molar-refractivity contribution is -0.385. The molecule has 13 heteroatoms. The first kappa shape index (κ1) is 31.3. The lowest BCUT2D eigenvalue weighted by Gasteiger charge is -2.25. The normalized spacial score (nSPS) is 17.5. The number of nitrogens with zero attached hydrogens (tertiary/aromatic N) is 3. The highest BCUT2D eigenvalue weighted by Crippen LogP contribution is 2.35. The van der Waals surface area contributed by atoms with Gasteiger partial charge in [0.25, 0.3) is 11.4 Å². The van der Waals surface area contributed by atoms with Gasteiger partial charge >= 0.3 is 12.2 Å². The predicted octanol–water partition coefficient (Wildman–Crippen LogP) is 6.20. The molecule has 2 atom stereocenters. The van der Waals surface area contributed by atoms with E-state index in [1.807, 2.05) is 42.5 Å². The van der Waals surface area contributed by atoms with Gasteiger partial charge in [0.15, 0.2) is 0 Å². The molecule has 0 aliphatic carbocycles. The molecule has 232 valence electrons. The van der Waals surface area contributed by atoms with Gasteiger partial charge in [-0.05, 0) is 64.6 Å². The molecule has 4 aromatic rings. The molecule has 0 bridgehead atoms. The minimum atomic E-state index is -0.798. The fourth-order valence-electron chi connectivity index (χ4n) is 5.40. The molecule has 1 aliphatic heterocycles. The second-order valence-corrected chi connectivity index (χ2v) is 11.8. The zero-order valence-corrected chi connectivity index (χ0v) is 24.9. The van der Waals surface area contributed by atoms with Crippen LogP contribution in [0.25, 0.3) is 10.8 Å². The van der Waals surface area contributed by atoms with Crippen LogP contribution in [-0.4, -0.2) is 50.8 Å². The second-order valence-electron chi connectivity index (χ2n) is 10.9. The Balaban J connectivity index is 1.25. The van der Waals surface area contributed by atoms with Crippen LogP contribution in [-0.2, 0) is 29.1 Å². The monoisotopic (exact) mass is 630 g/mol. The molecule has 4 aromatic carbocycles. The third kappa shape index (κ3) is 7.87. The summed E-state index contributed by atoms with van der Waals surface area (Å²) in [6.45, 7) is 0.149. The van der Waals surface area contributed by atoms with Crippen LogP contribution in [0, 0.1) is 20.2 Å². The minimum absolute atomic E-state index is 0.0570. The lowest BCUT2D eigenvalue weighted by Crippen LogP contribution is -2.42. The number of benzene rings is 4. The number of hydrogen-bond donors (Lipinski definition) is 2. The molecule has 1 fully saturated rings. The van der Waals surface area contributed by atoms with Gasteiger partial charge in [0.2, 0.25) is 0 Å². The molecule has 1 saturated heterocycles. The van der Waals surface area contributed by atoms with Gasteiger partial charge in [0.05, 0.1) is 14.6 Å². The van der Waals surface area contributed by atoms with E-state index in [9.17, 15) is 29.8 Å². The number of carbonyl (C=O) groups excluding carboxylic acids is 2. The number of ether oxygens (including phenoxy) is 2. The summed E-state index contributed by atoms with van der Waals surface area (Å²) >= 11 is 4.90. The van der Waals surface area contributed by atoms with E-state index < -0.39 is 26.8 Å². The Bertz CT molecular complexity index is 1710. The number of non-ortho nitro benzene ring substituents is 2. The number of alkyl carbamates (subject to hydrolysis) is 1. The summed E-state index contributed by atoms with van der Waals surface area (Å²) in [7, 11) is 0. The molecular formula is C32H30N4O8S. The Labute approximate surface area is 263 Å². The van der Waals surface area contributed by atoms with E-state index in [1.54, 1.807) is 4.90 Å². The number of fused-ring (bicyclic) bond motifs is 1. The molecule has 0 saturated carbocycles. The van der Waals surface area contributed by atoms with Crippen LogP contribution in [0.2, 0.25) is 0 Å². The Morgan fingerprint density at radius 1 is 0.844 bits per heavy atom. The van der Waals surface area contributed by atoms with Gasteiger partial charge in [-0.25, -0.2) is 9.59 Å². The minimum Gasteiger partial charge on any atom is -0.445 e. The van der Waals surface area contributed by atoms with Crippen LogP contribution in [0.3, 0.4) is 0 Å². The maximum Gasteiger partial charge on any atom is 0.410 e. The SMILES string of the molecule is O=C(NC[C@@]1(S)C[C@@H](Cc2cccc3ccccc23)N(C(=O)OCc2ccc([N+](=O)[O-])cc2)C1)OCc1ccc([N+](=O)[O-])cc1. The number of amides is 2. The Kier molecular flexibility index (Phi) is 9.48. The molecule has 0 spiro atoms. The van der Waals surface area contributed by atoms with Crippen molar-refractivity contribution in [3.63, 3.8) is 0 Å². The van der Waals surface area contributed by atoms with Gasteiger partial charge in [-0.3, -0.25) is 20.2 Å². The fourth-order valence-corrected chi connectivity index (χ4v) is 5.84. The third-order valence-corrected chi connectivity index (χ3v) is 8.16. The van der Waals surface area contributed by atoms with Crippen molar-refractivity contribution < 1.29 is 28.9 Å². The molecule has 12 nitrogen and oxygen atoms in total. The van der Waals surface area contributed by atoms with Gasteiger partial charge in [-0.2, -0.15) is 12.6 Å². The van der Waals surface area contributed by atoms with E-state index in [1.165, 1.54) is 48.5 Å². The predicted molar refractivity (Wildman–Crippen MR) is 169 cm³/mol. The summed E-state index contributed by atoms with van der Waals surface area (Å²) in [5, 5.41) is 26.7. The molecule has 5 rings (SSSR count). The largest absolute Gasteiger partial charge is 0.445 e.